The Labute approximate surface area is 151 Å². The largest absolute Gasteiger partial charge is 0.615 e. The Balaban J connectivity index is 2.24. The molecule has 2 unspecified atom stereocenters. The van der Waals surface area contributed by atoms with Crippen molar-refractivity contribution in [2.45, 2.75) is 32.1 Å². The predicted molar refractivity (Wildman–Crippen MR) is 105 cm³/mol. The molecule has 0 bridgehead atoms. The highest BCUT2D eigenvalue weighted by Gasteiger charge is 2.28. The molecule has 25 heavy (non-hydrogen) atoms. The number of hydrogen-bond acceptors (Lipinski definition) is 2. The van der Waals surface area contributed by atoms with E-state index in [1.165, 1.54) is 0 Å². The number of nitrogens with zero attached hydrogens (tertiary/aromatic N) is 1. The standard InChI is InChI=1S/C21H23NO2S/c1-4-10-19(25(3)24)22-15(2)20(17-13-8-9-14-18(17)22)21(23)16-11-6-5-7-12-16/h5-9,11-14,19H,4,10H2,1-3H3. The Kier molecular flexibility index (Phi) is 5.30. The predicted octanol–water partition coefficient (Wildman–Crippen LogP) is 4.86. The molecule has 0 aliphatic heterocycles. The summed E-state index contributed by atoms with van der Waals surface area (Å²) in [5.41, 5.74) is 3.27. The molecule has 0 amide bonds. The van der Waals surface area contributed by atoms with Gasteiger partial charge in [-0.15, -0.1) is 0 Å². The monoisotopic (exact) mass is 353 g/mol. The van der Waals surface area contributed by atoms with E-state index in [-0.39, 0.29) is 11.2 Å². The van der Waals surface area contributed by atoms with Gasteiger partial charge in [0.05, 0.1) is 17.3 Å². The van der Waals surface area contributed by atoms with Gasteiger partial charge in [-0.05, 0) is 30.6 Å². The summed E-state index contributed by atoms with van der Waals surface area (Å²) in [6.07, 6.45) is 3.51. The van der Waals surface area contributed by atoms with Gasteiger partial charge in [0.2, 0.25) is 0 Å². The second kappa shape index (κ2) is 7.46. The molecule has 1 heterocycles. The zero-order valence-electron chi connectivity index (χ0n) is 14.9. The Bertz CT molecular complexity index is 884. The lowest BCUT2D eigenvalue weighted by Crippen LogP contribution is -2.20. The first-order chi connectivity index (χ1) is 12.1. The van der Waals surface area contributed by atoms with E-state index in [1.54, 1.807) is 6.26 Å². The molecule has 0 radical (unpaired) electrons. The van der Waals surface area contributed by atoms with E-state index < -0.39 is 11.2 Å². The van der Waals surface area contributed by atoms with Crippen LogP contribution in [0.3, 0.4) is 0 Å². The lowest BCUT2D eigenvalue weighted by molar-refractivity contribution is 0.103. The van der Waals surface area contributed by atoms with E-state index in [1.807, 2.05) is 61.5 Å². The molecule has 3 aromatic rings. The number of para-hydroxylation sites is 1. The molecule has 0 saturated heterocycles. The molecule has 3 nitrogen and oxygen atoms in total. The van der Waals surface area contributed by atoms with E-state index in [0.717, 1.165) is 29.4 Å². The minimum absolute atomic E-state index is 0.0187. The molecule has 4 heteroatoms. The Morgan fingerprint density at radius 3 is 2.40 bits per heavy atom. The quantitative estimate of drug-likeness (QED) is 0.469. The van der Waals surface area contributed by atoms with Crippen LogP contribution in [0.2, 0.25) is 0 Å². The summed E-state index contributed by atoms with van der Waals surface area (Å²) >= 11 is -1.01. The van der Waals surface area contributed by atoms with Crippen molar-refractivity contribution in [3.8, 4) is 0 Å². The van der Waals surface area contributed by atoms with E-state index in [0.29, 0.717) is 11.1 Å². The van der Waals surface area contributed by atoms with Crippen LogP contribution in [0.1, 0.15) is 46.8 Å². The summed E-state index contributed by atoms with van der Waals surface area (Å²) < 4.78 is 14.5. The number of benzene rings is 2. The van der Waals surface area contributed by atoms with E-state index >= 15 is 0 Å². The number of hydrogen-bond donors (Lipinski definition) is 0. The van der Waals surface area contributed by atoms with Gasteiger partial charge in [0.25, 0.3) is 0 Å². The minimum atomic E-state index is -1.01. The van der Waals surface area contributed by atoms with Crippen LogP contribution >= 0.6 is 0 Å². The number of ketones is 1. The molecule has 2 aromatic carbocycles. The maximum Gasteiger partial charge on any atom is 0.195 e. The maximum absolute atomic E-state index is 13.2. The third-order valence-electron chi connectivity index (χ3n) is 4.63. The van der Waals surface area contributed by atoms with Gasteiger partial charge in [-0.3, -0.25) is 9.36 Å². The zero-order chi connectivity index (χ0) is 18.0. The molecule has 0 N–H and O–H groups in total. The minimum Gasteiger partial charge on any atom is -0.615 e. The van der Waals surface area contributed by atoms with Crippen molar-refractivity contribution in [1.29, 1.82) is 0 Å². The molecule has 0 aliphatic carbocycles. The normalized spacial score (nSPS) is 13.8. The molecule has 0 spiro atoms. The summed E-state index contributed by atoms with van der Waals surface area (Å²) in [7, 11) is 0. The third-order valence-corrected chi connectivity index (χ3v) is 5.84. The van der Waals surface area contributed by atoms with Crippen molar-refractivity contribution in [3.05, 3.63) is 71.4 Å². The summed E-state index contributed by atoms with van der Waals surface area (Å²) in [4.78, 5) is 13.2. The van der Waals surface area contributed by atoms with Crippen LogP contribution in [-0.2, 0) is 11.2 Å². The molecule has 0 saturated carbocycles. The van der Waals surface area contributed by atoms with Gasteiger partial charge in [0.1, 0.15) is 0 Å². The molecule has 0 fully saturated rings. The van der Waals surface area contributed by atoms with E-state index in [4.69, 9.17) is 0 Å². The van der Waals surface area contributed by atoms with Gasteiger partial charge in [-0.1, -0.05) is 55.5 Å². The maximum atomic E-state index is 13.2. The average molecular weight is 353 g/mol. The smallest absolute Gasteiger partial charge is 0.195 e. The SMILES string of the molecule is CCCC(n1c(C)c(C(=O)c2ccccc2)c2ccccc21)[S+](C)[O-]. The third kappa shape index (κ3) is 3.24. The highest BCUT2D eigenvalue weighted by atomic mass is 32.2. The van der Waals surface area contributed by atoms with Crippen LogP contribution in [0.5, 0.6) is 0 Å². The average Bonchev–Trinajstić information content (AvgIpc) is 2.91. The fourth-order valence-corrected chi connectivity index (χ4v) is 4.61. The molecular weight excluding hydrogens is 330 g/mol. The van der Waals surface area contributed by atoms with Gasteiger partial charge < -0.3 is 4.55 Å². The van der Waals surface area contributed by atoms with Crippen LogP contribution in [0, 0.1) is 6.92 Å². The number of aromatic nitrogens is 1. The topological polar surface area (TPSA) is 45.1 Å². The van der Waals surface area contributed by atoms with Crippen molar-refractivity contribution in [3.63, 3.8) is 0 Å². The Morgan fingerprint density at radius 1 is 1.12 bits per heavy atom. The highest BCUT2D eigenvalue weighted by Crippen LogP contribution is 2.34. The van der Waals surface area contributed by atoms with Gasteiger partial charge in [0.15, 0.2) is 11.2 Å². The first-order valence-electron chi connectivity index (χ1n) is 8.57. The van der Waals surface area contributed by atoms with E-state index in [2.05, 4.69) is 11.5 Å². The number of rotatable bonds is 6. The van der Waals surface area contributed by atoms with Crippen LogP contribution in [0.25, 0.3) is 10.9 Å². The molecular formula is C21H23NO2S. The Hall–Kier alpha value is -2.04. The molecule has 130 valence electrons. The second-order valence-electron chi connectivity index (χ2n) is 6.28. The Morgan fingerprint density at radius 2 is 1.76 bits per heavy atom. The van der Waals surface area contributed by atoms with Crippen LogP contribution in [0.15, 0.2) is 54.6 Å². The fourth-order valence-electron chi connectivity index (χ4n) is 3.47. The van der Waals surface area contributed by atoms with Gasteiger partial charge >= 0.3 is 0 Å². The molecule has 1 aromatic heterocycles. The number of carbonyl (C=O) groups excluding carboxylic acids is 1. The van der Waals surface area contributed by atoms with Crippen molar-refractivity contribution in [1.82, 2.24) is 4.57 Å². The van der Waals surface area contributed by atoms with Gasteiger partial charge in [-0.2, -0.15) is 0 Å². The van der Waals surface area contributed by atoms with Gasteiger partial charge in [-0.25, -0.2) is 0 Å². The lowest BCUT2D eigenvalue weighted by atomic mass is 10.0. The first-order valence-corrected chi connectivity index (χ1v) is 10.2. The summed E-state index contributed by atoms with van der Waals surface area (Å²) in [5, 5.41) is 0.813. The van der Waals surface area contributed by atoms with Crippen LogP contribution in [0.4, 0.5) is 0 Å². The van der Waals surface area contributed by atoms with E-state index in [9.17, 15) is 9.35 Å². The van der Waals surface area contributed by atoms with Crippen LogP contribution < -0.4 is 0 Å². The number of carbonyl (C=O) groups is 1. The summed E-state index contributed by atoms with van der Waals surface area (Å²) in [6, 6.07) is 17.3. The van der Waals surface area contributed by atoms with Crippen molar-refractivity contribution < 1.29 is 9.35 Å². The molecule has 3 rings (SSSR count). The summed E-state index contributed by atoms with van der Waals surface area (Å²) in [5.74, 6) is 0.0187. The van der Waals surface area contributed by atoms with Crippen molar-refractivity contribution in [2.24, 2.45) is 0 Å². The van der Waals surface area contributed by atoms with Crippen molar-refractivity contribution >= 4 is 27.9 Å². The summed E-state index contributed by atoms with van der Waals surface area (Å²) in [6.45, 7) is 4.06. The highest BCUT2D eigenvalue weighted by molar-refractivity contribution is 7.90. The number of fused-ring (bicyclic) bond motifs is 1. The molecule has 2 atom stereocenters. The van der Waals surface area contributed by atoms with Crippen LogP contribution in [-0.4, -0.2) is 21.2 Å². The second-order valence-corrected chi connectivity index (χ2v) is 7.83. The lowest BCUT2D eigenvalue weighted by Gasteiger charge is -2.22. The van der Waals surface area contributed by atoms with Gasteiger partial charge in [0, 0.05) is 23.1 Å². The van der Waals surface area contributed by atoms with Crippen molar-refractivity contribution in [2.75, 3.05) is 6.26 Å². The first kappa shape index (κ1) is 17.8. The molecule has 0 aliphatic rings. The fraction of sp³-hybridized carbons (Fsp3) is 0.286. The zero-order valence-corrected chi connectivity index (χ0v) is 15.7.